The van der Waals surface area contributed by atoms with Crippen molar-refractivity contribution in [2.24, 2.45) is 35.1 Å². The molecule has 2 heteroatoms. The molecule has 2 aliphatic carbocycles. The first-order valence-electron chi connectivity index (χ1n) is 5.77. The van der Waals surface area contributed by atoms with Crippen molar-refractivity contribution in [2.45, 2.75) is 32.1 Å². The van der Waals surface area contributed by atoms with Gasteiger partial charge in [-0.3, -0.25) is 0 Å². The van der Waals surface area contributed by atoms with Crippen LogP contribution in [0.5, 0.6) is 0 Å². The predicted molar refractivity (Wildman–Crippen MR) is 55.2 cm³/mol. The van der Waals surface area contributed by atoms with Gasteiger partial charge < -0.3 is 11.5 Å². The van der Waals surface area contributed by atoms with E-state index in [9.17, 15) is 0 Å². The summed E-state index contributed by atoms with van der Waals surface area (Å²) in [5, 5.41) is 0. The Morgan fingerprint density at radius 3 is 2.46 bits per heavy atom. The maximum atomic E-state index is 5.85. The molecule has 76 valence electrons. The van der Waals surface area contributed by atoms with Gasteiger partial charge in [0.15, 0.2) is 0 Å². The van der Waals surface area contributed by atoms with Crippen LogP contribution in [0.15, 0.2) is 0 Å². The Labute approximate surface area is 81.1 Å². The Morgan fingerprint density at radius 1 is 1.00 bits per heavy atom. The summed E-state index contributed by atoms with van der Waals surface area (Å²) in [4.78, 5) is 0. The lowest BCUT2D eigenvalue weighted by molar-refractivity contribution is 0.223. The van der Waals surface area contributed by atoms with E-state index < -0.39 is 0 Å². The van der Waals surface area contributed by atoms with Gasteiger partial charge in [0.2, 0.25) is 0 Å². The largest absolute Gasteiger partial charge is 0.330 e. The van der Waals surface area contributed by atoms with Gasteiger partial charge >= 0.3 is 0 Å². The van der Waals surface area contributed by atoms with Gasteiger partial charge in [0.1, 0.15) is 0 Å². The van der Waals surface area contributed by atoms with Gasteiger partial charge in [-0.1, -0.05) is 19.3 Å². The van der Waals surface area contributed by atoms with E-state index in [0.29, 0.717) is 0 Å². The normalized spacial score (nSPS) is 44.8. The Morgan fingerprint density at radius 2 is 1.77 bits per heavy atom. The summed E-state index contributed by atoms with van der Waals surface area (Å²) in [5.41, 5.74) is 11.6. The molecule has 0 spiro atoms. The molecule has 2 fully saturated rings. The predicted octanol–water partition coefficient (Wildman–Crippen LogP) is 1.35. The van der Waals surface area contributed by atoms with Crippen LogP contribution < -0.4 is 11.5 Å². The zero-order valence-electron chi connectivity index (χ0n) is 8.41. The van der Waals surface area contributed by atoms with Gasteiger partial charge in [-0.25, -0.2) is 0 Å². The van der Waals surface area contributed by atoms with Gasteiger partial charge in [-0.2, -0.15) is 0 Å². The van der Waals surface area contributed by atoms with Crippen molar-refractivity contribution in [3.05, 3.63) is 0 Å². The molecular weight excluding hydrogens is 160 g/mol. The zero-order chi connectivity index (χ0) is 9.26. The third-order valence-corrected chi connectivity index (χ3v) is 4.30. The monoisotopic (exact) mass is 182 g/mol. The molecule has 0 aliphatic heterocycles. The van der Waals surface area contributed by atoms with Crippen molar-refractivity contribution < 1.29 is 0 Å². The minimum absolute atomic E-state index is 0.734. The van der Waals surface area contributed by atoms with Gasteiger partial charge in [0.25, 0.3) is 0 Å². The molecule has 0 aromatic carbocycles. The molecule has 4 atom stereocenters. The number of hydrogen-bond donors (Lipinski definition) is 2. The van der Waals surface area contributed by atoms with E-state index in [4.69, 9.17) is 11.5 Å². The fraction of sp³-hybridized carbons (Fsp3) is 1.00. The van der Waals surface area contributed by atoms with Crippen LogP contribution in [0.4, 0.5) is 0 Å². The van der Waals surface area contributed by atoms with Gasteiger partial charge in [0.05, 0.1) is 0 Å². The highest BCUT2D eigenvalue weighted by Crippen LogP contribution is 2.48. The second-order valence-electron chi connectivity index (χ2n) is 4.84. The molecule has 2 aliphatic rings. The molecule has 0 bridgehead atoms. The maximum absolute atomic E-state index is 5.85. The van der Waals surface area contributed by atoms with Crippen LogP contribution in [0.2, 0.25) is 0 Å². The first-order valence-corrected chi connectivity index (χ1v) is 5.77. The van der Waals surface area contributed by atoms with Crippen molar-refractivity contribution in [1.29, 1.82) is 0 Å². The molecule has 4 N–H and O–H groups in total. The molecular formula is C11H22N2. The average molecular weight is 182 g/mol. The topological polar surface area (TPSA) is 52.0 Å². The molecule has 0 saturated heterocycles. The van der Waals surface area contributed by atoms with Crippen LogP contribution in [0.1, 0.15) is 32.1 Å². The van der Waals surface area contributed by atoms with E-state index >= 15 is 0 Å². The molecule has 0 aromatic rings. The van der Waals surface area contributed by atoms with Gasteiger partial charge in [0, 0.05) is 0 Å². The quantitative estimate of drug-likeness (QED) is 0.677. The number of fused-ring (bicyclic) bond motifs is 1. The molecule has 0 radical (unpaired) electrons. The third-order valence-electron chi connectivity index (χ3n) is 4.30. The van der Waals surface area contributed by atoms with Gasteiger partial charge in [-0.05, 0) is 49.6 Å². The van der Waals surface area contributed by atoms with E-state index in [1.165, 1.54) is 32.1 Å². The third kappa shape index (κ3) is 1.62. The summed E-state index contributed by atoms with van der Waals surface area (Å²) in [6, 6.07) is 0. The van der Waals surface area contributed by atoms with E-state index in [1.807, 2.05) is 0 Å². The number of hydrogen-bond acceptors (Lipinski definition) is 2. The molecule has 0 heterocycles. The fourth-order valence-electron chi connectivity index (χ4n) is 3.64. The first kappa shape index (κ1) is 9.47. The Hall–Kier alpha value is -0.0800. The summed E-state index contributed by atoms with van der Waals surface area (Å²) in [6.45, 7) is 1.72. The SMILES string of the molecule is NCC1CC2CCCCC2C1CN. The molecule has 4 unspecified atom stereocenters. The van der Waals surface area contributed by atoms with E-state index in [-0.39, 0.29) is 0 Å². The van der Waals surface area contributed by atoms with Crippen LogP contribution in [0.25, 0.3) is 0 Å². The lowest BCUT2D eigenvalue weighted by Gasteiger charge is -2.29. The maximum Gasteiger partial charge on any atom is -0.00430 e. The molecule has 2 nitrogen and oxygen atoms in total. The molecule has 0 amide bonds. The lowest BCUT2D eigenvalue weighted by Crippen LogP contribution is -2.30. The smallest absolute Gasteiger partial charge is 0.00430 e. The summed E-state index contributed by atoms with van der Waals surface area (Å²) >= 11 is 0. The summed E-state index contributed by atoms with van der Waals surface area (Å²) in [7, 11) is 0. The van der Waals surface area contributed by atoms with Crippen LogP contribution in [0, 0.1) is 23.7 Å². The highest BCUT2D eigenvalue weighted by Gasteiger charge is 2.42. The second kappa shape index (κ2) is 3.97. The van der Waals surface area contributed by atoms with Crippen LogP contribution in [-0.2, 0) is 0 Å². The Kier molecular flexibility index (Phi) is 2.89. The summed E-state index contributed by atoms with van der Waals surface area (Å²) < 4.78 is 0. The van der Waals surface area contributed by atoms with Crippen LogP contribution >= 0.6 is 0 Å². The van der Waals surface area contributed by atoms with E-state index in [1.54, 1.807) is 0 Å². The average Bonchev–Trinajstić information content (AvgIpc) is 2.55. The molecule has 13 heavy (non-hydrogen) atoms. The van der Waals surface area contributed by atoms with Crippen molar-refractivity contribution in [3.63, 3.8) is 0 Å². The van der Waals surface area contributed by atoms with Crippen molar-refractivity contribution in [1.82, 2.24) is 0 Å². The zero-order valence-corrected chi connectivity index (χ0v) is 8.41. The minimum atomic E-state index is 0.734. The number of rotatable bonds is 2. The Balaban J connectivity index is 2.05. The molecule has 2 saturated carbocycles. The summed E-state index contributed by atoms with van der Waals surface area (Å²) in [6.07, 6.45) is 7.09. The lowest BCUT2D eigenvalue weighted by atomic mass is 9.77. The standard InChI is InChI=1S/C11H22N2/c12-6-9-5-8-3-1-2-4-10(8)11(9)7-13/h8-11H,1-7,12-13H2. The van der Waals surface area contributed by atoms with Crippen molar-refractivity contribution in [3.8, 4) is 0 Å². The number of nitrogens with two attached hydrogens (primary N) is 2. The van der Waals surface area contributed by atoms with Crippen molar-refractivity contribution >= 4 is 0 Å². The molecule has 0 aromatic heterocycles. The summed E-state index contributed by atoms with van der Waals surface area (Å²) in [5.74, 6) is 3.37. The second-order valence-corrected chi connectivity index (χ2v) is 4.84. The minimum Gasteiger partial charge on any atom is -0.330 e. The van der Waals surface area contributed by atoms with Crippen LogP contribution in [0.3, 0.4) is 0 Å². The van der Waals surface area contributed by atoms with Gasteiger partial charge in [-0.15, -0.1) is 0 Å². The molecule has 2 rings (SSSR count). The first-order chi connectivity index (χ1) is 6.36. The highest BCUT2D eigenvalue weighted by atomic mass is 14.7. The fourth-order valence-corrected chi connectivity index (χ4v) is 3.64. The highest BCUT2D eigenvalue weighted by molar-refractivity contribution is 4.93. The van der Waals surface area contributed by atoms with Crippen LogP contribution in [-0.4, -0.2) is 13.1 Å². The van der Waals surface area contributed by atoms with Crippen molar-refractivity contribution in [2.75, 3.05) is 13.1 Å². The Bertz CT molecular complexity index is 165. The van der Waals surface area contributed by atoms with E-state index in [2.05, 4.69) is 0 Å². The van der Waals surface area contributed by atoms with E-state index in [0.717, 1.165) is 36.8 Å².